The zero-order chi connectivity index (χ0) is 22.8. The maximum atomic E-state index is 10.7. The molecule has 4 rings (SSSR count). The van der Waals surface area contributed by atoms with Gasteiger partial charge in [-0.05, 0) is 90.7 Å². The van der Waals surface area contributed by atoms with Crippen molar-refractivity contribution in [3.63, 3.8) is 0 Å². The third kappa shape index (κ3) is 3.55. The summed E-state index contributed by atoms with van der Waals surface area (Å²) in [6.07, 6.45) is 14.1. The van der Waals surface area contributed by atoms with Gasteiger partial charge in [0.1, 0.15) is 0 Å². The highest BCUT2D eigenvalue weighted by Crippen LogP contribution is 2.64. The molecule has 0 aromatic heterocycles. The molecule has 0 aromatic carbocycles. The van der Waals surface area contributed by atoms with Gasteiger partial charge in [-0.3, -0.25) is 0 Å². The lowest BCUT2D eigenvalue weighted by Gasteiger charge is -2.59. The van der Waals surface area contributed by atoms with Crippen LogP contribution in [-0.4, -0.2) is 25.6 Å². The Morgan fingerprint density at radius 3 is 2.16 bits per heavy atom. The van der Waals surface area contributed by atoms with Crippen molar-refractivity contribution in [1.29, 1.82) is 0 Å². The molecule has 4 aliphatic rings. The first-order chi connectivity index (χ1) is 14.5. The highest BCUT2D eigenvalue weighted by atomic mass is 28.4. The van der Waals surface area contributed by atoms with Crippen molar-refractivity contribution in [1.82, 2.24) is 0 Å². The van der Waals surface area contributed by atoms with Crippen molar-refractivity contribution in [3.8, 4) is 0 Å². The van der Waals surface area contributed by atoms with Crippen molar-refractivity contribution < 1.29 is 9.53 Å². The maximum Gasteiger partial charge on any atom is 0.200 e. The molecule has 0 aromatic rings. The summed E-state index contributed by atoms with van der Waals surface area (Å²) in [6.45, 7) is 19.5. The van der Waals surface area contributed by atoms with Crippen LogP contribution >= 0.6 is 0 Å². The van der Waals surface area contributed by atoms with E-state index < -0.39 is 8.32 Å². The fourth-order valence-corrected chi connectivity index (χ4v) is 15.0. The minimum atomic E-state index is -1.81. The van der Waals surface area contributed by atoms with Crippen LogP contribution in [0.4, 0.5) is 0 Å². The first kappa shape index (κ1) is 24.0. The zero-order valence-corrected chi connectivity index (χ0v) is 22.7. The number of allylic oxidation sites excluding steroid dienone is 1. The number of hydrogen-bond donors (Lipinski definition) is 1. The first-order valence-corrected chi connectivity index (χ1v) is 15.7. The molecule has 3 heteroatoms. The van der Waals surface area contributed by atoms with Crippen molar-refractivity contribution in [3.05, 3.63) is 12.2 Å². The van der Waals surface area contributed by atoms with E-state index in [2.05, 4.69) is 67.5 Å². The van der Waals surface area contributed by atoms with Crippen molar-refractivity contribution in [2.75, 3.05) is 0 Å². The van der Waals surface area contributed by atoms with Crippen LogP contribution in [0.5, 0.6) is 0 Å². The van der Waals surface area contributed by atoms with Gasteiger partial charge in [-0.25, -0.2) is 0 Å². The van der Waals surface area contributed by atoms with Crippen LogP contribution in [0.15, 0.2) is 12.2 Å². The molecule has 0 radical (unpaired) electrons. The Bertz CT molecular complexity index is 663. The number of fused-ring (bicyclic) bond motifs is 5. The second-order valence-corrected chi connectivity index (χ2v) is 18.6. The number of rotatable bonds is 5. The van der Waals surface area contributed by atoms with Crippen LogP contribution in [0.25, 0.3) is 0 Å². The van der Waals surface area contributed by atoms with Crippen LogP contribution in [0, 0.1) is 34.5 Å². The Morgan fingerprint density at radius 1 is 0.903 bits per heavy atom. The van der Waals surface area contributed by atoms with Crippen molar-refractivity contribution in [2.45, 2.75) is 129 Å². The van der Waals surface area contributed by atoms with Gasteiger partial charge >= 0.3 is 0 Å². The Labute approximate surface area is 193 Å². The van der Waals surface area contributed by atoms with Gasteiger partial charge in [0.05, 0.1) is 6.10 Å². The van der Waals surface area contributed by atoms with E-state index in [1.54, 1.807) is 0 Å². The molecule has 1 N–H and O–H groups in total. The summed E-state index contributed by atoms with van der Waals surface area (Å²) < 4.78 is 7.28. The van der Waals surface area contributed by atoms with E-state index in [4.69, 9.17) is 4.43 Å². The third-order valence-electron chi connectivity index (χ3n) is 11.1. The largest absolute Gasteiger partial charge is 0.413 e. The van der Waals surface area contributed by atoms with E-state index in [0.29, 0.717) is 40.0 Å². The molecule has 0 aliphatic heterocycles. The van der Waals surface area contributed by atoms with Crippen LogP contribution in [-0.2, 0) is 4.43 Å². The number of aliphatic hydroxyl groups is 1. The first-order valence-electron chi connectivity index (χ1n) is 13.5. The number of hydrogen-bond acceptors (Lipinski definition) is 2. The van der Waals surface area contributed by atoms with Gasteiger partial charge in [0.2, 0.25) is 8.32 Å². The predicted molar refractivity (Wildman–Crippen MR) is 134 cm³/mol. The Kier molecular flexibility index (Phi) is 6.41. The van der Waals surface area contributed by atoms with Gasteiger partial charge in [-0.15, -0.1) is 0 Å². The summed E-state index contributed by atoms with van der Waals surface area (Å²) in [4.78, 5) is 0. The summed E-state index contributed by atoms with van der Waals surface area (Å²) in [6, 6.07) is 0. The topological polar surface area (TPSA) is 29.5 Å². The molecule has 178 valence electrons. The second-order valence-electron chi connectivity index (χ2n) is 13.2. The van der Waals surface area contributed by atoms with Crippen LogP contribution < -0.4 is 0 Å². The van der Waals surface area contributed by atoms with Gasteiger partial charge in [-0.2, -0.15) is 0 Å². The predicted octanol–water partition coefficient (Wildman–Crippen LogP) is 7.73. The molecule has 0 unspecified atom stereocenters. The van der Waals surface area contributed by atoms with Crippen molar-refractivity contribution in [2.24, 2.45) is 34.5 Å². The zero-order valence-electron chi connectivity index (χ0n) is 21.7. The highest BCUT2D eigenvalue weighted by Gasteiger charge is 2.59. The van der Waals surface area contributed by atoms with E-state index in [1.807, 2.05) is 0 Å². The molecule has 0 amide bonds. The fourth-order valence-electron chi connectivity index (χ4n) is 9.37. The lowest BCUT2D eigenvalue weighted by Crippen LogP contribution is -2.55. The van der Waals surface area contributed by atoms with Crippen molar-refractivity contribution >= 4 is 8.32 Å². The highest BCUT2D eigenvalue weighted by molar-refractivity contribution is 6.77. The van der Waals surface area contributed by atoms with Gasteiger partial charge in [0.25, 0.3) is 0 Å². The molecule has 4 aliphatic carbocycles. The molecule has 31 heavy (non-hydrogen) atoms. The van der Waals surface area contributed by atoms with E-state index in [9.17, 15) is 5.11 Å². The van der Waals surface area contributed by atoms with Gasteiger partial charge in [0.15, 0.2) is 0 Å². The lowest BCUT2D eigenvalue weighted by molar-refractivity contribution is -0.0830. The molecule has 3 fully saturated rings. The summed E-state index contributed by atoms with van der Waals surface area (Å²) in [5, 5.41) is 10.7. The Morgan fingerprint density at radius 2 is 1.55 bits per heavy atom. The van der Waals surface area contributed by atoms with Crippen LogP contribution in [0.1, 0.15) is 100 Å². The minimum Gasteiger partial charge on any atom is -0.413 e. The van der Waals surface area contributed by atoms with E-state index >= 15 is 0 Å². The Balaban J connectivity index is 1.53. The molecule has 0 saturated heterocycles. The van der Waals surface area contributed by atoms with Gasteiger partial charge < -0.3 is 9.53 Å². The standard InChI is InChI=1S/C28H50O2Si/c1-18(2)31(19(3)4,20(5)6)30-22-13-15-27(7)21(17-22)9-10-23-24-11-12-26(29)28(24,8)16-14-25(23)27/h14,16,18-26,29H,9-13,15,17H2,1-8H3/t21-,22-,23-,24-,25-,26-,27-,28-/m0/s1. The Hall–Kier alpha value is -0.123. The molecule has 8 atom stereocenters. The van der Waals surface area contributed by atoms with E-state index in [0.717, 1.165) is 18.3 Å². The monoisotopic (exact) mass is 446 g/mol. The summed E-state index contributed by atoms with van der Waals surface area (Å²) in [5.74, 6) is 2.97. The summed E-state index contributed by atoms with van der Waals surface area (Å²) >= 11 is 0. The molecule has 0 heterocycles. The summed E-state index contributed by atoms with van der Waals surface area (Å²) in [5.41, 5.74) is 2.46. The normalized spacial score (nSPS) is 45.2. The fraction of sp³-hybridized carbons (Fsp3) is 0.929. The third-order valence-corrected chi connectivity index (χ3v) is 17.2. The van der Waals surface area contributed by atoms with Crippen LogP contribution in [0.2, 0.25) is 16.6 Å². The SMILES string of the molecule is CC(C)[Si](O[C@H]1CC[C@@]2(C)[C@@H](CC[C@H]3[C@@H]4CC[C@H](O)[C@@]4(C)C=C[C@@H]32)C1)(C(C)C)C(C)C. The van der Waals surface area contributed by atoms with E-state index in [-0.39, 0.29) is 11.5 Å². The molecular weight excluding hydrogens is 396 g/mol. The molecule has 3 saturated carbocycles. The quantitative estimate of drug-likeness (QED) is 0.346. The molecule has 0 bridgehead atoms. The molecule has 0 spiro atoms. The average Bonchev–Trinajstić information content (AvgIpc) is 3.00. The van der Waals surface area contributed by atoms with Gasteiger partial charge in [-0.1, -0.05) is 67.5 Å². The smallest absolute Gasteiger partial charge is 0.200 e. The maximum absolute atomic E-state index is 10.7. The van der Waals surface area contributed by atoms with E-state index in [1.165, 1.54) is 38.5 Å². The molecular formula is C28H50O2Si. The van der Waals surface area contributed by atoms with Gasteiger partial charge in [0, 0.05) is 11.5 Å². The van der Waals surface area contributed by atoms with Crippen LogP contribution in [0.3, 0.4) is 0 Å². The molecule has 2 nitrogen and oxygen atoms in total. The second kappa shape index (κ2) is 8.27. The minimum absolute atomic E-state index is 0.0294. The average molecular weight is 447 g/mol. The number of aliphatic hydroxyl groups excluding tert-OH is 1. The summed E-state index contributed by atoms with van der Waals surface area (Å²) in [7, 11) is -1.81. The lowest BCUT2D eigenvalue weighted by atomic mass is 9.47.